The predicted molar refractivity (Wildman–Crippen MR) is 52.9 cm³/mol. The van der Waals surface area contributed by atoms with Gasteiger partial charge < -0.3 is 5.11 Å². The average molecular weight is 212 g/mol. The lowest BCUT2D eigenvalue weighted by atomic mass is 10.0. The fraction of sp³-hybridized carbons (Fsp3) is 0.778. The van der Waals surface area contributed by atoms with Crippen molar-refractivity contribution in [1.29, 1.82) is 0 Å². The molecule has 0 saturated carbocycles. The summed E-state index contributed by atoms with van der Waals surface area (Å²) in [4.78, 5) is 5.03. The molecule has 1 fully saturated rings. The molecule has 84 valence electrons. The summed E-state index contributed by atoms with van der Waals surface area (Å²) in [6.45, 7) is 4.96. The van der Waals surface area contributed by atoms with Gasteiger partial charge in [-0.25, -0.2) is 10.2 Å². The van der Waals surface area contributed by atoms with Crippen LogP contribution >= 0.6 is 0 Å². The molecule has 15 heavy (non-hydrogen) atoms. The Hall–Kier alpha value is -0.980. The van der Waals surface area contributed by atoms with E-state index in [2.05, 4.69) is 15.8 Å². The monoisotopic (exact) mass is 212 g/mol. The first-order valence-electron chi connectivity index (χ1n) is 5.13. The van der Waals surface area contributed by atoms with Crippen molar-refractivity contribution in [2.24, 2.45) is 0 Å². The summed E-state index contributed by atoms with van der Waals surface area (Å²) in [5.41, 5.74) is 2.49. The molecule has 1 saturated heterocycles. The fourth-order valence-corrected chi connectivity index (χ4v) is 1.42. The van der Waals surface area contributed by atoms with Gasteiger partial charge in [-0.15, -0.1) is 5.10 Å². The number of rotatable bonds is 3. The van der Waals surface area contributed by atoms with Crippen LogP contribution in [-0.4, -0.2) is 33.3 Å². The third kappa shape index (κ3) is 2.01. The third-order valence-electron chi connectivity index (χ3n) is 2.82. The zero-order valence-corrected chi connectivity index (χ0v) is 8.97. The minimum Gasteiger partial charge on any atom is -0.384 e. The molecule has 0 aromatic carbocycles. The van der Waals surface area contributed by atoms with Crippen LogP contribution in [0.15, 0.2) is 6.20 Å². The van der Waals surface area contributed by atoms with Crippen molar-refractivity contribution < 1.29 is 9.94 Å². The first-order chi connectivity index (χ1) is 7.13. The van der Waals surface area contributed by atoms with E-state index in [0.29, 0.717) is 18.7 Å². The maximum Gasteiger partial charge on any atom is 0.114 e. The number of hydrogen-bond donors (Lipinski definition) is 2. The molecule has 0 bridgehead atoms. The van der Waals surface area contributed by atoms with Gasteiger partial charge in [-0.05, 0) is 13.3 Å². The Morgan fingerprint density at radius 3 is 3.20 bits per heavy atom. The summed E-state index contributed by atoms with van der Waals surface area (Å²) in [7, 11) is 0. The molecule has 0 amide bonds. The maximum atomic E-state index is 9.99. The van der Waals surface area contributed by atoms with Crippen LogP contribution in [0.2, 0.25) is 0 Å². The number of aromatic nitrogens is 3. The van der Waals surface area contributed by atoms with Gasteiger partial charge in [0.25, 0.3) is 0 Å². The van der Waals surface area contributed by atoms with Gasteiger partial charge in [0, 0.05) is 6.54 Å². The summed E-state index contributed by atoms with van der Waals surface area (Å²) in [5, 5.41) is 18.0. The lowest BCUT2D eigenvalue weighted by Gasteiger charge is -2.17. The highest BCUT2D eigenvalue weighted by Crippen LogP contribution is 2.22. The molecule has 2 N–H and O–H groups in total. The molecule has 2 atom stereocenters. The molecule has 6 nitrogen and oxygen atoms in total. The van der Waals surface area contributed by atoms with E-state index in [1.165, 1.54) is 0 Å². The Labute approximate surface area is 88.2 Å². The van der Waals surface area contributed by atoms with E-state index in [4.69, 9.17) is 4.84 Å². The maximum absolute atomic E-state index is 9.99. The minimum absolute atomic E-state index is 0.166. The second-order valence-electron chi connectivity index (χ2n) is 4.02. The Morgan fingerprint density at radius 1 is 1.80 bits per heavy atom. The third-order valence-corrected chi connectivity index (χ3v) is 2.82. The minimum atomic E-state index is -0.898. The van der Waals surface area contributed by atoms with E-state index in [-0.39, 0.29) is 6.04 Å². The first-order valence-corrected chi connectivity index (χ1v) is 5.13. The topological polar surface area (TPSA) is 72.2 Å². The van der Waals surface area contributed by atoms with Crippen molar-refractivity contribution in [3.05, 3.63) is 11.9 Å². The lowest BCUT2D eigenvalue weighted by Crippen LogP contribution is -2.20. The van der Waals surface area contributed by atoms with Crippen molar-refractivity contribution in [1.82, 2.24) is 20.5 Å². The summed E-state index contributed by atoms with van der Waals surface area (Å²) >= 11 is 0. The standard InChI is InChI=1S/C9H16N4O2/c1-3-9(2,14)8-5-13(12-11-8)7-4-10-15-6-7/h5,7,10,14H,3-4,6H2,1-2H3/t7-,9?/m0/s1. The van der Waals surface area contributed by atoms with Gasteiger partial charge in [0.2, 0.25) is 0 Å². The molecule has 1 aromatic heterocycles. The van der Waals surface area contributed by atoms with Gasteiger partial charge in [-0.1, -0.05) is 12.1 Å². The summed E-state index contributed by atoms with van der Waals surface area (Å²) < 4.78 is 1.74. The van der Waals surface area contributed by atoms with Crippen LogP contribution in [0.3, 0.4) is 0 Å². The second kappa shape index (κ2) is 3.88. The number of nitrogens with zero attached hydrogens (tertiary/aromatic N) is 3. The van der Waals surface area contributed by atoms with E-state index in [0.717, 1.165) is 6.54 Å². The predicted octanol–water partition coefficient (Wildman–Crippen LogP) is -0.0285. The quantitative estimate of drug-likeness (QED) is 0.736. The van der Waals surface area contributed by atoms with E-state index < -0.39 is 5.60 Å². The van der Waals surface area contributed by atoms with Crippen LogP contribution in [0.4, 0.5) is 0 Å². The first kappa shape index (κ1) is 10.5. The zero-order valence-electron chi connectivity index (χ0n) is 8.97. The molecule has 0 spiro atoms. The molecule has 2 rings (SSSR count). The van der Waals surface area contributed by atoms with Crippen LogP contribution in [0, 0.1) is 0 Å². The lowest BCUT2D eigenvalue weighted by molar-refractivity contribution is 0.0484. The van der Waals surface area contributed by atoms with Crippen LogP contribution in [0.25, 0.3) is 0 Å². The fourth-order valence-electron chi connectivity index (χ4n) is 1.42. The molecule has 0 aliphatic carbocycles. The number of nitrogens with one attached hydrogen (secondary N) is 1. The van der Waals surface area contributed by atoms with E-state index >= 15 is 0 Å². The van der Waals surface area contributed by atoms with Gasteiger partial charge in [-0.2, -0.15) is 0 Å². The van der Waals surface area contributed by atoms with E-state index in [1.807, 2.05) is 6.92 Å². The van der Waals surface area contributed by atoms with Crippen molar-refractivity contribution in [2.45, 2.75) is 31.9 Å². The number of aliphatic hydroxyl groups is 1. The largest absolute Gasteiger partial charge is 0.384 e. The Balaban J connectivity index is 2.16. The Morgan fingerprint density at radius 2 is 2.60 bits per heavy atom. The van der Waals surface area contributed by atoms with Crippen LogP contribution in [0.5, 0.6) is 0 Å². The normalized spacial score (nSPS) is 25.4. The van der Waals surface area contributed by atoms with Crippen molar-refractivity contribution in [3.8, 4) is 0 Å². The van der Waals surface area contributed by atoms with E-state index in [9.17, 15) is 5.11 Å². The summed E-state index contributed by atoms with van der Waals surface area (Å²) in [6.07, 6.45) is 2.40. The highest BCUT2D eigenvalue weighted by Gasteiger charge is 2.26. The van der Waals surface area contributed by atoms with Gasteiger partial charge in [0.05, 0.1) is 18.8 Å². The Kier molecular flexibility index (Phi) is 2.72. The number of hydroxylamine groups is 1. The smallest absolute Gasteiger partial charge is 0.114 e. The highest BCUT2D eigenvalue weighted by atomic mass is 16.7. The molecular formula is C9H16N4O2. The van der Waals surface area contributed by atoms with Crippen LogP contribution < -0.4 is 5.48 Å². The highest BCUT2D eigenvalue weighted by molar-refractivity contribution is 5.05. The average Bonchev–Trinajstić information content (AvgIpc) is 2.88. The van der Waals surface area contributed by atoms with Crippen molar-refractivity contribution in [3.63, 3.8) is 0 Å². The van der Waals surface area contributed by atoms with Gasteiger partial charge in [0.15, 0.2) is 0 Å². The van der Waals surface area contributed by atoms with Gasteiger partial charge in [-0.3, -0.25) is 4.84 Å². The van der Waals surface area contributed by atoms with E-state index in [1.54, 1.807) is 17.8 Å². The number of hydrogen-bond acceptors (Lipinski definition) is 5. The molecule has 1 unspecified atom stereocenters. The second-order valence-corrected chi connectivity index (χ2v) is 4.02. The van der Waals surface area contributed by atoms with Crippen molar-refractivity contribution in [2.75, 3.05) is 13.2 Å². The SMILES string of the molecule is CCC(C)(O)c1cn([C@H]2CNOC2)nn1. The molecule has 1 aliphatic heterocycles. The summed E-state index contributed by atoms with van der Waals surface area (Å²) in [6, 6.07) is 0.166. The van der Waals surface area contributed by atoms with Gasteiger partial charge >= 0.3 is 0 Å². The molecule has 6 heteroatoms. The van der Waals surface area contributed by atoms with Gasteiger partial charge in [0.1, 0.15) is 11.3 Å². The molecule has 1 aromatic rings. The zero-order chi connectivity index (χ0) is 10.9. The van der Waals surface area contributed by atoms with Crippen LogP contribution in [0.1, 0.15) is 32.0 Å². The molecule has 2 heterocycles. The van der Waals surface area contributed by atoms with Crippen LogP contribution in [-0.2, 0) is 10.4 Å². The summed E-state index contributed by atoms with van der Waals surface area (Å²) in [5.74, 6) is 0. The molecule has 1 aliphatic rings. The van der Waals surface area contributed by atoms with Crippen molar-refractivity contribution >= 4 is 0 Å². The molecule has 0 radical (unpaired) electrons. The Bertz CT molecular complexity index is 331. The molecular weight excluding hydrogens is 196 g/mol.